The van der Waals surface area contributed by atoms with Gasteiger partial charge in [0.25, 0.3) is 0 Å². The molecule has 7 nitrogen and oxygen atoms in total. The summed E-state index contributed by atoms with van der Waals surface area (Å²) in [5.74, 6) is 0.294. The van der Waals surface area contributed by atoms with Gasteiger partial charge in [-0.15, -0.1) is 0 Å². The molecule has 0 fully saturated rings. The van der Waals surface area contributed by atoms with Gasteiger partial charge >= 0.3 is 0 Å². The first-order valence-corrected chi connectivity index (χ1v) is 12.7. The number of aryl methyl sites for hydroxylation is 2. The molecule has 4 rings (SSSR count). The number of fused-ring (bicyclic) bond motifs is 1. The standard InChI is InChI=1S/C23H24N4O3S2/c1-4-26-21-8-6-5-7-20(21)25-23(26)31-14-22(28)19-13-15(2)27(16(19)3)17-9-11-18(12-10-17)32(24,29)30/h5-13H,4,14H2,1-3H3,(H2,24,29,30). The molecule has 0 aliphatic rings. The Morgan fingerprint density at radius 1 is 1.09 bits per heavy atom. The number of nitrogens with zero attached hydrogens (tertiary/aromatic N) is 3. The van der Waals surface area contributed by atoms with Gasteiger partial charge in [0.1, 0.15) is 0 Å². The molecule has 0 aliphatic carbocycles. The molecule has 2 aromatic heterocycles. The number of hydrogen-bond donors (Lipinski definition) is 1. The Kier molecular flexibility index (Phi) is 5.98. The normalized spacial score (nSPS) is 11.9. The van der Waals surface area contributed by atoms with Crippen LogP contribution in [0, 0.1) is 13.8 Å². The molecule has 2 aromatic carbocycles. The highest BCUT2D eigenvalue weighted by molar-refractivity contribution is 7.99. The van der Waals surface area contributed by atoms with Crippen LogP contribution in [-0.2, 0) is 16.6 Å². The van der Waals surface area contributed by atoms with Gasteiger partial charge in [-0.05, 0) is 63.2 Å². The van der Waals surface area contributed by atoms with Gasteiger partial charge in [0.2, 0.25) is 10.0 Å². The fourth-order valence-corrected chi connectivity index (χ4v) is 5.38. The van der Waals surface area contributed by atoms with Crippen molar-refractivity contribution in [3.63, 3.8) is 0 Å². The second-order valence-corrected chi connectivity index (χ2v) is 10.0. The second-order valence-electron chi connectivity index (χ2n) is 7.50. The van der Waals surface area contributed by atoms with Crippen molar-refractivity contribution in [2.75, 3.05) is 5.75 Å². The summed E-state index contributed by atoms with van der Waals surface area (Å²) in [7, 11) is -3.75. The minimum absolute atomic E-state index is 0.0187. The van der Waals surface area contributed by atoms with Crippen LogP contribution >= 0.6 is 11.8 Å². The van der Waals surface area contributed by atoms with Crippen molar-refractivity contribution in [2.45, 2.75) is 37.4 Å². The first kappa shape index (κ1) is 22.3. The van der Waals surface area contributed by atoms with Crippen LogP contribution in [0.15, 0.2) is 64.6 Å². The summed E-state index contributed by atoms with van der Waals surface area (Å²) in [5.41, 5.74) is 5.09. The molecule has 0 saturated carbocycles. The molecule has 2 heterocycles. The lowest BCUT2D eigenvalue weighted by molar-refractivity contribution is 0.102. The van der Waals surface area contributed by atoms with E-state index in [0.717, 1.165) is 39.8 Å². The number of primary sulfonamides is 1. The number of imidazole rings is 1. The molecule has 0 saturated heterocycles. The molecule has 32 heavy (non-hydrogen) atoms. The van der Waals surface area contributed by atoms with Crippen LogP contribution < -0.4 is 5.14 Å². The van der Waals surface area contributed by atoms with Gasteiger partial charge < -0.3 is 9.13 Å². The Hall–Kier alpha value is -2.88. The quantitative estimate of drug-likeness (QED) is 0.325. The van der Waals surface area contributed by atoms with Crippen LogP contribution in [0.5, 0.6) is 0 Å². The van der Waals surface area contributed by atoms with E-state index in [1.807, 2.05) is 48.7 Å². The smallest absolute Gasteiger partial charge is 0.238 e. The van der Waals surface area contributed by atoms with Crippen LogP contribution in [0.25, 0.3) is 16.7 Å². The molecule has 2 N–H and O–H groups in total. The Morgan fingerprint density at radius 2 is 1.78 bits per heavy atom. The monoisotopic (exact) mass is 468 g/mol. The SMILES string of the molecule is CCn1c(SCC(=O)c2cc(C)n(-c3ccc(S(N)(=O)=O)cc3)c2C)nc2ccccc21. The molecule has 4 aromatic rings. The third kappa shape index (κ3) is 4.11. The summed E-state index contributed by atoms with van der Waals surface area (Å²) in [6.07, 6.45) is 0. The number of nitrogens with two attached hydrogens (primary N) is 1. The fraction of sp³-hybridized carbons (Fsp3) is 0.217. The number of ketones is 1. The molecule has 9 heteroatoms. The molecule has 166 valence electrons. The van der Waals surface area contributed by atoms with E-state index in [9.17, 15) is 13.2 Å². The lowest BCUT2D eigenvalue weighted by atomic mass is 10.2. The minimum Gasteiger partial charge on any atom is -0.319 e. The zero-order chi connectivity index (χ0) is 23.0. The molecule has 0 amide bonds. The fourth-order valence-electron chi connectivity index (χ4n) is 3.90. The molecular weight excluding hydrogens is 444 g/mol. The van der Waals surface area contributed by atoms with Crippen molar-refractivity contribution in [1.82, 2.24) is 14.1 Å². The third-order valence-electron chi connectivity index (χ3n) is 5.42. The number of Topliss-reactive ketones (excluding diaryl/α,β-unsaturated/α-hetero) is 1. The zero-order valence-corrected chi connectivity index (χ0v) is 19.7. The maximum absolute atomic E-state index is 13.1. The van der Waals surface area contributed by atoms with Gasteiger partial charge in [0, 0.05) is 29.2 Å². The minimum atomic E-state index is -3.75. The Bertz CT molecular complexity index is 1420. The predicted molar refractivity (Wildman–Crippen MR) is 127 cm³/mol. The average molecular weight is 469 g/mol. The van der Waals surface area contributed by atoms with Gasteiger partial charge in [0.15, 0.2) is 10.9 Å². The maximum Gasteiger partial charge on any atom is 0.238 e. The van der Waals surface area contributed by atoms with Crippen LogP contribution in [0.2, 0.25) is 0 Å². The predicted octanol–water partition coefficient (Wildman–Crippen LogP) is 4.09. The van der Waals surface area contributed by atoms with Crippen molar-refractivity contribution < 1.29 is 13.2 Å². The first-order chi connectivity index (χ1) is 15.2. The highest BCUT2D eigenvalue weighted by atomic mass is 32.2. The third-order valence-corrected chi connectivity index (χ3v) is 7.33. The maximum atomic E-state index is 13.1. The van der Waals surface area contributed by atoms with Crippen LogP contribution in [0.1, 0.15) is 28.7 Å². The van der Waals surface area contributed by atoms with Gasteiger partial charge in [0.05, 0.1) is 21.7 Å². The molecular formula is C23H24N4O3S2. The van der Waals surface area contributed by atoms with Crippen LogP contribution in [0.3, 0.4) is 0 Å². The molecule has 0 radical (unpaired) electrons. The summed E-state index contributed by atoms with van der Waals surface area (Å²) in [5, 5.41) is 6.02. The number of rotatable bonds is 7. The number of aromatic nitrogens is 3. The summed E-state index contributed by atoms with van der Waals surface area (Å²) < 4.78 is 27.1. The van der Waals surface area contributed by atoms with E-state index in [1.165, 1.54) is 23.9 Å². The Morgan fingerprint density at radius 3 is 2.44 bits per heavy atom. The number of carbonyl (C=O) groups is 1. The average Bonchev–Trinajstić information content (AvgIpc) is 3.27. The first-order valence-electron chi connectivity index (χ1n) is 10.1. The number of hydrogen-bond acceptors (Lipinski definition) is 5. The van der Waals surface area contributed by atoms with Crippen molar-refractivity contribution in [3.05, 3.63) is 71.5 Å². The number of thioether (sulfide) groups is 1. The number of sulfonamides is 1. The summed E-state index contributed by atoms with van der Waals surface area (Å²) in [6.45, 7) is 6.65. The molecule has 0 spiro atoms. The number of benzene rings is 2. The van der Waals surface area contributed by atoms with Crippen molar-refractivity contribution in [1.29, 1.82) is 0 Å². The van der Waals surface area contributed by atoms with Crippen molar-refractivity contribution >= 4 is 38.6 Å². The number of carbonyl (C=O) groups excluding carboxylic acids is 1. The molecule has 0 unspecified atom stereocenters. The van der Waals surface area contributed by atoms with E-state index in [0.29, 0.717) is 5.56 Å². The summed E-state index contributed by atoms with van der Waals surface area (Å²) >= 11 is 1.44. The van der Waals surface area contributed by atoms with E-state index >= 15 is 0 Å². The summed E-state index contributed by atoms with van der Waals surface area (Å²) in [4.78, 5) is 17.8. The second kappa shape index (κ2) is 8.57. The van der Waals surface area contributed by atoms with Gasteiger partial charge in [-0.1, -0.05) is 23.9 Å². The van der Waals surface area contributed by atoms with Crippen molar-refractivity contribution in [3.8, 4) is 5.69 Å². The van der Waals surface area contributed by atoms with Crippen LogP contribution in [-0.4, -0.2) is 34.1 Å². The van der Waals surface area contributed by atoms with E-state index in [2.05, 4.69) is 16.5 Å². The highest BCUT2D eigenvalue weighted by Crippen LogP contribution is 2.27. The van der Waals surface area contributed by atoms with Crippen LogP contribution in [0.4, 0.5) is 0 Å². The van der Waals surface area contributed by atoms with E-state index in [-0.39, 0.29) is 16.4 Å². The Labute approximate surface area is 191 Å². The lowest BCUT2D eigenvalue weighted by Gasteiger charge is -2.10. The molecule has 0 atom stereocenters. The van der Waals surface area contributed by atoms with Gasteiger partial charge in [-0.25, -0.2) is 18.5 Å². The van der Waals surface area contributed by atoms with Gasteiger partial charge in [-0.3, -0.25) is 4.79 Å². The molecule has 0 aliphatic heterocycles. The lowest BCUT2D eigenvalue weighted by Crippen LogP contribution is -2.12. The largest absolute Gasteiger partial charge is 0.319 e. The summed E-state index contributed by atoms with van der Waals surface area (Å²) in [6, 6.07) is 16.1. The molecule has 0 bridgehead atoms. The van der Waals surface area contributed by atoms with E-state index < -0.39 is 10.0 Å². The number of para-hydroxylation sites is 2. The van der Waals surface area contributed by atoms with E-state index in [4.69, 9.17) is 5.14 Å². The zero-order valence-electron chi connectivity index (χ0n) is 18.1. The topological polar surface area (TPSA) is 100.0 Å². The highest BCUT2D eigenvalue weighted by Gasteiger charge is 2.19. The van der Waals surface area contributed by atoms with Gasteiger partial charge in [-0.2, -0.15) is 0 Å². The van der Waals surface area contributed by atoms with E-state index in [1.54, 1.807) is 12.1 Å². The van der Waals surface area contributed by atoms with Crippen molar-refractivity contribution in [2.24, 2.45) is 5.14 Å². The Balaban J connectivity index is 1.58.